The van der Waals surface area contributed by atoms with E-state index in [2.05, 4.69) is 10.6 Å². The minimum Gasteiger partial charge on any atom is -0.352 e. The Morgan fingerprint density at radius 3 is 2.23 bits per heavy atom. The SMILES string of the molecule is CCn1c(=O)c2cc(NC(=O)CC(C)CNC(=O)c3ccc(C(F)F)cc3)ccc2n(CC)c1=O. The van der Waals surface area contributed by atoms with Crippen LogP contribution >= 0.6 is 0 Å². The van der Waals surface area contributed by atoms with Gasteiger partial charge in [-0.2, -0.15) is 0 Å². The quantitative estimate of drug-likeness (QED) is 0.483. The smallest absolute Gasteiger partial charge is 0.331 e. The third-order valence-corrected chi connectivity index (χ3v) is 5.71. The van der Waals surface area contributed by atoms with E-state index in [1.54, 1.807) is 32.0 Å². The van der Waals surface area contributed by atoms with Crippen LogP contribution in [-0.2, 0) is 17.9 Å². The van der Waals surface area contributed by atoms with Gasteiger partial charge in [0.05, 0.1) is 10.9 Å². The van der Waals surface area contributed by atoms with Gasteiger partial charge in [-0.1, -0.05) is 19.1 Å². The van der Waals surface area contributed by atoms with Crippen LogP contribution in [-0.4, -0.2) is 27.5 Å². The first-order valence-electron chi connectivity index (χ1n) is 11.4. The highest BCUT2D eigenvalue weighted by atomic mass is 19.3. The van der Waals surface area contributed by atoms with Crippen molar-refractivity contribution in [3.63, 3.8) is 0 Å². The van der Waals surface area contributed by atoms with Crippen LogP contribution in [0.5, 0.6) is 0 Å². The highest BCUT2D eigenvalue weighted by Crippen LogP contribution is 2.19. The van der Waals surface area contributed by atoms with Gasteiger partial charge in [0.15, 0.2) is 0 Å². The predicted octanol–water partition coefficient (Wildman–Crippen LogP) is 3.54. The number of halogens is 2. The summed E-state index contributed by atoms with van der Waals surface area (Å²) in [6.45, 7) is 6.19. The molecule has 35 heavy (non-hydrogen) atoms. The standard InChI is InChI=1S/C25H28F2N4O4/c1-4-30-20-11-10-18(13-19(20)24(34)31(5-2)25(30)35)29-21(32)12-15(3)14-28-23(33)17-8-6-16(7-9-17)22(26)27/h6-11,13,15,22H,4-5,12,14H2,1-3H3,(H,28,33)(H,29,32). The predicted molar refractivity (Wildman–Crippen MR) is 130 cm³/mol. The van der Waals surface area contributed by atoms with E-state index in [0.29, 0.717) is 23.1 Å². The molecule has 1 unspecified atom stereocenters. The number of carbonyl (C=O) groups excluding carboxylic acids is 2. The zero-order valence-electron chi connectivity index (χ0n) is 19.8. The van der Waals surface area contributed by atoms with Gasteiger partial charge < -0.3 is 10.6 Å². The van der Waals surface area contributed by atoms with Crippen LogP contribution in [0.2, 0.25) is 0 Å². The summed E-state index contributed by atoms with van der Waals surface area (Å²) in [7, 11) is 0. The second-order valence-electron chi connectivity index (χ2n) is 8.30. The van der Waals surface area contributed by atoms with Gasteiger partial charge in [-0.05, 0) is 50.1 Å². The molecule has 0 bridgehead atoms. The number of rotatable bonds is 9. The van der Waals surface area contributed by atoms with Gasteiger partial charge in [0.2, 0.25) is 5.91 Å². The molecule has 1 aromatic heterocycles. The molecule has 0 fully saturated rings. The Morgan fingerprint density at radius 1 is 0.971 bits per heavy atom. The summed E-state index contributed by atoms with van der Waals surface area (Å²) in [6.07, 6.45) is -2.49. The zero-order chi connectivity index (χ0) is 25.7. The summed E-state index contributed by atoms with van der Waals surface area (Å²) < 4.78 is 28.0. The molecule has 10 heteroatoms. The molecular formula is C25H28F2N4O4. The highest BCUT2D eigenvalue weighted by molar-refractivity contribution is 5.95. The van der Waals surface area contributed by atoms with E-state index >= 15 is 0 Å². The van der Waals surface area contributed by atoms with Gasteiger partial charge >= 0.3 is 5.69 Å². The van der Waals surface area contributed by atoms with Crippen LogP contribution in [0.15, 0.2) is 52.1 Å². The molecule has 1 atom stereocenters. The molecule has 8 nitrogen and oxygen atoms in total. The largest absolute Gasteiger partial charge is 0.352 e. The minimum absolute atomic E-state index is 0.107. The Balaban J connectivity index is 1.63. The summed E-state index contributed by atoms with van der Waals surface area (Å²) in [6, 6.07) is 9.90. The fourth-order valence-electron chi connectivity index (χ4n) is 3.84. The summed E-state index contributed by atoms with van der Waals surface area (Å²) >= 11 is 0. The lowest BCUT2D eigenvalue weighted by atomic mass is 10.1. The normalized spacial score (nSPS) is 12.1. The molecule has 0 aliphatic heterocycles. The number of benzene rings is 2. The number of fused-ring (bicyclic) bond motifs is 1. The second-order valence-corrected chi connectivity index (χ2v) is 8.30. The van der Waals surface area contributed by atoms with Crippen molar-refractivity contribution in [3.05, 3.63) is 74.4 Å². The fraction of sp³-hybridized carbons (Fsp3) is 0.360. The molecule has 2 amide bonds. The Kier molecular flexibility index (Phi) is 8.16. The van der Waals surface area contributed by atoms with Crippen LogP contribution < -0.4 is 21.9 Å². The number of nitrogens with one attached hydrogen (secondary N) is 2. The van der Waals surface area contributed by atoms with Gasteiger partial charge in [0.25, 0.3) is 17.9 Å². The first kappa shape index (κ1) is 25.8. The van der Waals surface area contributed by atoms with Gasteiger partial charge in [-0.3, -0.25) is 23.5 Å². The number of anilines is 1. The minimum atomic E-state index is -2.60. The van der Waals surface area contributed by atoms with Crippen molar-refractivity contribution in [2.24, 2.45) is 5.92 Å². The van der Waals surface area contributed by atoms with Gasteiger partial charge in [-0.15, -0.1) is 0 Å². The molecule has 186 valence electrons. The van der Waals surface area contributed by atoms with Crippen LogP contribution in [0.3, 0.4) is 0 Å². The van der Waals surface area contributed by atoms with Crippen LogP contribution in [0, 0.1) is 5.92 Å². The molecule has 0 radical (unpaired) electrons. The number of aryl methyl sites for hydroxylation is 1. The number of aromatic nitrogens is 2. The first-order chi connectivity index (χ1) is 16.7. The Bertz CT molecular complexity index is 1350. The van der Waals surface area contributed by atoms with Crippen molar-refractivity contribution >= 4 is 28.4 Å². The van der Waals surface area contributed by atoms with E-state index in [9.17, 15) is 28.0 Å². The molecule has 3 aromatic rings. The Morgan fingerprint density at radius 2 is 1.63 bits per heavy atom. The van der Waals surface area contributed by atoms with Crippen molar-refractivity contribution in [1.29, 1.82) is 0 Å². The Labute approximate surface area is 200 Å². The molecule has 0 spiro atoms. The molecular weight excluding hydrogens is 458 g/mol. The monoisotopic (exact) mass is 486 g/mol. The Hall–Kier alpha value is -3.82. The number of hydrogen-bond donors (Lipinski definition) is 2. The first-order valence-corrected chi connectivity index (χ1v) is 11.4. The second kappa shape index (κ2) is 11.1. The maximum Gasteiger partial charge on any atom is 0.331 e. The lowest BCUT2D eigenvalue weighted by molar-refractivity contribution is -0.116. The number of amides is 2. The van der Waals surface area contributed by atoms with E-state index in [1.165, 1.54) is 28.8 Å². The third-order valence-electron chi connectivity index (χ3n) is 5.71. The molecule has 0 saturated carbocycles. The maximum absolute atomic E-state index is 12.7. The van der Waals surface area contributed by atoms with E-state index in [1.807, 2.05) is 6.92 Å². The molecule has 3 rings (SSSR count). The van der Waals surface area contributed by atoms with E-state index in [0.717, 1.165) is 4.57 Å². The fourth-order valence-corrected chi connectivity index (χ4v) is 3.84. The number of carbonyl (C=O) groups is 2. The maximum atomic E-state index is 12.7. The molecule has 2 aromatic carbocycles. The zero-order valence-corrected chi connectivity index (χ0v) is 19.8. The topological polar surface area (TPSA) is 102 Å². The summed E-state index contributed by atoms with van der Waals surface area (Å²) in [5, 5.41) is 5.79. The van der Waals surface area contributed by atoms with E-state index in [4.69, 9.17) is 0 Å². The van der Waals surface area contributed by atoms with Crippen molar-refractivity contribution < 1.29 is 18.4 Å². The van der Waals surface area contributed by atoms with Gasteiger partial charge in [0.1, 0.15) is 0 Å². The molecule has 0 aliphatic rings. The average molecular weight is 487 g/mol. The average Bonchev–Trinajstić information content (AvgIpc) is 2.83. The highest BCUT2D eigenvalue weighted by Gasteiger charge is 2.15. The lowest BCUT2D eigenvalue weighted by Gasteiger charge is -2.15. The third kappa shape index (κ3) is 5.82. The molecule has 0 aliphatic carbocycles. The van der Waals surface area contributed by atoms with Crippen molar-refractivity contribution in [1.82, 2.24) is 14.5 Å². The van der Waals surface area contributed by atoms with Crippen LogP contribution in [0.1, 0.15) is 49.5 Å². The van der Waals surface area contributed by atoms with Gasteiger partial charge in [0, 0.05) is 42.9 Å². The van der Waals surface area contributed by atoms with E-state index in [-0.39, 0.29) is 48.2 Å². The summed E-state index contributed by atoms with van der Waals surface area (Å²) in [5.41, 5.74) is 0.246. The number of nitrogens with zero attached hydrogens (tertiary/aromatic N) is 2. The molecule has 0 saturated heterocycles. The summed E-state index contributed by atoms with van der Waals surface area (Å²) in [4.78, 5) is 50.0. The van der Waals surface area contributed by atoms with Crippen LogP contribution in [0.4, 0.5) is 14.5 Å². The number of alkyl halides is 2. The lowest BCUT2D eigenvalue weighted by Crippen LogP contribution is -2.39. The van der Waals surface area contributed by atoms with Crippen molar-refractivity contribution in [2.45, 2.75) is 46.7 Å². The van der Waals surface area contributed by atoms with Gasteiger partial charge in [-0.25, -0.2) is 13.6 Å². The van der Waals surface area contributed by atoms with Crippen molar-refractivity contribution in [3.8, 4) is 0 Å². The molecule has 2 N–H and O–H groups in total. The summed E-state index contributed by atoms with van der Waals surface area (Å²) in [5.74, 6) is -0.920. The van der Waals surface area contributed by atoms with E-state index < -0.39 is 17.9 Å². The van der Waals surface area contributed by atoms with Crippen LogP contribution in [0.25, 0.3) is 10.9 Å². The number of hydrogen-bond acceptors (Lipinski definition) is 4. The molecule has 1 heterocycles. The van der Waals surface area contributed by atoms with Crippen molar-refractivity contribution in [2.75, 3.05) is 11.9 Å².